The van der Waals surface area contributed by atoms with E-state index in [1.54, 1.807) is 77.0 Å². The molecule has 0 atom stereocenters. The van der Waals surface area contributed by atoms with Gasteiger partial charge in [-0.2, -0.15) is 0 Å². The van der Waals surface area contributed by atoms with Crippen LogP contribution in [0.2, 0.25) is 0 Å². The van der Waals surface area contributed by atoms with Gasteiger partial charge in [-0.1, -0.05) is 65.7 Å². The van der Waals surface area contributed by atoms with Gasteiger partial charge in [-0.05, 0) is 55.5 Å². The van der Waals surface area contributed by atoms with Crippen LogP contribution in [0.15, 0.2) is 59.5 Å². The van der Waals surface area contributed by atoms with Crippen molar-refractivity contribution in [2.24, 2.45) is 0 Å². The van der Waals surface area contributed by atoms with E-state index in [1.807, 2.05) is 11.8 Å². The van der Waals surface area contributed by atoms with Gasteiger partial charge in [-0.15, -0.1) is 24.8 Å². The molecule has 3 aliphatic carbocycles. The van der Waals surface area contributed by atoms with Crippen molar-refractivity contribution in [3.8, 4) is 0 Å². The molecule has 3 aromatic carbocycles. The van der Waals surface area contributed by atoms with Crippen LogP contribution in [0.4, 0.5) is 11.4 Å². The third-order valence-electron chi connectivity index (χ3n) is 11.8. The number of rotatable bonds is 7. The number of thioether (sulfide) groups is 1. The molecule has 294 valence electrons. The Labute approximate surface area is 348 Å². The monoisotopic (exact) mass is 882 g/mol. The molecule has 1 saturated heterocycles. The molecule has 0 amide bonds. The van der Waals surface area contributed by atoms with E-state index >= 15 is 0 Å². The van der Waals surface area contributed by atoms with Crippen LogP contribution in [0.3, 0.4) is 0 Å². The summed E-state index contributed by atoms with van der Waals surface area (Å²) in [6.45, 7) is 15.5. The van der Waals surface area contributed by atoms with E-state index in [-0.39, 0.29) is 41.0 Å². The Kier molecular flexibility index (Phi) is 18.6. The molecule has 0 spiro atoms. The molecular weight excluding hydrogens is 816 g/mol. The van der Waals surface area contributed by atoms with E-state index in [0.717, 1.165) is 13.1 Å². The summed E-state index contributed by atoms with van der Waals surface area (Å²) in [5.41, 5.74) is 14.5. The molecule has 0 unspecified atom stereocenters. The molecule has 4 aliphatic rings. The smallest absolute Gasteiger partial charge is 0.147 e. The third-order valence-corrected chi connectivity index (χ3v) is 19.2. The minimum absolute atomic E-state index is 0. The van der Waals surface area contributed by atoms with Gasteiger partial charge in [0.05, 0.1) is 0 Å². The molecule has 7 rings (SSSR count). The molecule has 53 heavy (non-hydrogen) atoms. The predicted molar refractivity (Wildman–Crippen MR) is 241 cm³/mol. The molecule has 0 aromatic heterocycles. The molecule has 7 heteroatoms. The average Bonchev–Trinajstić information content (AvgIpc) is 3.52. The maximum atomic E-state index is 2.60. The topological polar surface area (TPSA) is 6.48 Å². The largest absolute Gasteiger partial charge is 0.147 e. The summed E-state index contributed by atoms with van der Waals surface area (Å²) < 4.78 is 3.91. The molecular formula is C46H67Cl2N2PRuS. The number of hydrogen-bond donors (Lipinski definition) is 0. The Morgan fingerprint density at radius 1 is 0.547 bits per heavy atom. The van der Waals surface area contributed by atoms with E-state index in [4.69, 9.17) is 0 Å². The van der Waals surface area contributed by atoms with Gasteiger partial charge in [0.25, 0.3) is 0 Å². The van der Waals surface area contributed by atoms with Crippen molar-refractivity contribution in [2.45, 2.75) is 160 Å². The third kappa shape index (κ3) is 11.8. The SMILES string of the molecule is C1CCC(P(C2CCCCC2)C2CCCCC2)CC1.Cc1cc(C)c(N2CCN(c3c(C)cc(C)cc3C)[C]2=[Ru]=[CH]Sc2ccccc2)c(C)c1.Cl.Cl. The van der Waals surface area contributed by atoms with Gasteiger partial charge in [0, 0.05) is 0 Å². The minimum atomic E-state index is -0.0764. The van der Waals surface area contributed by atoms with Gasteiger partial charge in [-0.25, -0.2) is 0 Å². The van der Waals surface area contributed by atoms with Crippen molar-refractivity contribution in [3.63, 3.8) is 0 Å². The first-order chi connectivity index (χ1) is 24.8. The number of benzene rings is 3. The molecule has 2 nitrogen and oxygen atoms in total. The maximum absolute atomic E-state index is 2.60. The summed E-state index contributed by atoms with van der Waals surface area (Å²) in [6.07, 6.45) is 23.6. The average molecular weight is 883 g/mol. The number of nitrogens with zero attached hydrogens (tertiary/aromatic N) is 2. The Balaban J connectivity index is 0.000000256. The molecule has 4 fully saturated rings. The van der Waals surface area contributed by atoms with E-state index < -0.39 is 0 Å². The first-order valence-electron chi connectivity index (χ1n) is 20.3. The summed E-state index contributed by atoms with van der Waals surface area (Å²) in [6, 6.07) is 20.0. The fourth-order valence-electron chi connectivity index (χ4n) is 9.87. The number of anilines is 2. The van der Waals surface area contributed by atoms with E-state index in [9.17, 15) is 0 Å². The molecule has 0 N–H and O–H groups in total. The Morgan fingerprint density at radius 2 is 0.906 bits per heavy atom. The molecule has 1 heterocycles. The normalized spacial score (nSPS) is 18.7. The Bertz CT molecular complexity index is 1500. The van der Waals surface area contributed by atoms with E-state index in [2.05, 4.69) is 110 Å². The number of hydrogen-bond acceptors (Lipinski definition) is 3. The second-order valence-corrected chi connectivity index (χ2v) is 22.5. The van der Waals surface area contributed by atoms with Crippen LogP contribution in [0.5, 0.6) is 0 Å². The van der Waals surface area contributed by atoms with Crippen molar-refractivity contribution in [2.75, 3.05) is 22.9 Å². The Hall–Kier alpha value is -1.02. The van der Waals surface area contributed by atoms with Crippen molar-refractivity contribution in [3.05, 3.63) is 88.0 Å². The zero-order valence-electron chi connectivity index (χ0n) is 33.4. The molecule has 1 aliphatic heterocycles. The van der Waals surface area contributed by atoms with Crippen LogP contribution in [0.25, 0.3) is 0 Å². The molecule has 3 aromatic rings. The van der Waals surface area contributed by atoms with Gasteiger partial charge in [0.15, 0.2) is 0 Å². The van der Waals surface area contributed by atoms with Crippen LogP contribution in [0.1, 0.15) is 130 Å². The zero-order valence-corrected chi connectivity index (χ0v) is 38.5. The number of halogens is 2. The second-order valence-electron chi connectivity index (χ2n) is 16.0. The van der Waals surface area contributed by atoms with Gasteiger partial charge >= 0.3 is 205 Å². The van der Waals surface area contributed by atoms with Crippen LogP contribution in [0, 0.1) is 41.5 Å². The summed E-state index contributed by atoms with van der Waals surface area (Å²) in [4.78, 5) is 6.51. The van der Waals surface area contributed by atoms with Crippen LogP contribution >= 0.6 is 44.5 Å². The van der Waals surface area contributed by atoms with Crippen molar-refractivity contribution < 1.29 is 16.2 Å². The van der Waals surface area contributed by atoms with Crippen LogP contribution < -0.4 is 9.80 Å². The van der Waals surface area contributed by atoms with Crippen LogP contribution in [-0.2, 0) is 16.2 Å². The maximum Gasteiger partial charge on any atom is -0.147 e. The van der Waals surface area contributed by atoms with Crippen molar-refractivity contribution >= 4 is 64.2 Å². The first-order valence-corrected chi connectivity index (χ1v) is 24.6. The summed E-state index contributed by atoms with van der Waals surface area (Å²) in [5.74, 6) is 0. The summed E-state index contributed by atoms with van der Waals surface area (Å²) in [7, 11) is 0.385. The van der Waals surface area contributed by atoms with Crippen LogP contribution in [-0.4, -0.2) is 38.4 Å². The Morgan fingerprint density at radius 3 is 1.26 bits per heavy atom. The van der Waals surface area contributed by atoms with Crippen molar-refractivity contribution in [1.29, 1.82) is 0 Å². The standard InChI is InChI=1S/C21H26N2.C18H33P.C7H6S.2ClH.Ru/c1-14-9-16(3)20(17(4)10-14)22-7-8-23(13-22)21-18(5)11-15(2)12-19(21)6;1-4-10-16(11-5-1)19(17-12-6-2-7-13-17)18-14-8-3-9-15-18;1-8-7-5-3-2-4-6-7;;;/h9-12H,7-8H2,1-6H3;16-18H,1-15H2;1-6H;2*1H;. The zero-order chi connectivity index (χ0) is 35.7. The minimum Gasteiger partial charge on any atom is -0.147 e. The predicted octanol–water partition coefficient (Wildman–Crippen LogP) is 13.9. The quantitative estimate of drug-likeness (QED) is 0.133. The van der Waals surface area contributed by atoms with Crippen molar-refractivity contribution in [1.82, 2.24) is 0 Å². The molecule has 3 saturated carbocycles. The van der Waals surface area contributed by atoms with Gasteiger partial charge in [0.1, 0.15) is 0 Å². The van der Waals surface area contributed by atoms with Gasteiger partial charge < -0.3 is 0 Å². The fourth-order valence-corrected chi connectivity index (χ4v) is 18.0. The summed E-state index contributed by atoms with van der Waals surface area (Å²) in [5, 5.41) is 0. The van der Waals surface area contributed by atoms with E-state index in [1.165, 1.54) is 90.2 Å². The van der Waals surface area contributed by atoms with E-state index in [0.29, 0.717) is 7.92 Å². The molecule has 0 bridgehead atoms. The second kappa shape index (κ2) is 22.1. The number of aryl methyl sites for hydroxylation is 6. The van der Waals surface area contributed by atoms with Gasteiger partial charge in [0.2, 0.25) is 0 Å². The van der Waals surface area contributed by atoms with Gasteiger partial charge in [-0.3, -0.25) is 0 Å². The first kappa shape index (κ1) is 44.7. The summed E-state index contributed by atoms with van der Waals surface area (Å²) >= 11 is 1.79. The fraction of sp³-hybridized carbons (Fsp3) is 0.565. The molecule has 0 radical (unpaired) electrons.